The molecule has 142 valence electrons. The number of ether oxygens (including phenoxy) is 4. The van der Waals surface area contributed by atoms with E-state index < -0.39 is 0 Å². The highest BCUT2D eigenvalue weighted by Gasteiger charge is 2.20. The first kappa shape index (κ1) is 17.3. The third kappa shape index (κ3) is 3.59. The topological polar surface area (TPSA) is 93.7 Å². The van der Waals surface area contributed by atoms with Crippen LogP contribution in [0.3, 0.4) is 0 Å². The van der Waals surface area contributed by atoms with Crippen molar-refractivity contribution >= 4 is 0 Å². The molecule has 0 atom stereocenters. The molecule has 0 spiro atoms. The first-order valence-electron chi connectivity index (χ1n) is 8.58. The standard InChI is InChI=1S/C18H20N4O5/c1-23-6-3-17-20-16(21-27-17)11-22-5-4-19-18(22)12-9-14-15(10-13(12)24-2)26-8-7-25-14/h4-5,9-10H,3,6-8,11H2,1-2H3. The maximum absolute atomic E-state index is 5.69. The van der Waals surface area contributed by atoms with Crippen LogP contribution in [0.25, 0.3) is 11.4 Å². The van der Waals surface area contributed by atoms with Crippen molar-refractivity contribution in [3.8, 4) is 28.6 Å². The smallest absolute Gasteiger partial charge is 0.229 e. The van der Waals surface area contributed by atoms with Gasteiger partial charge in [0.15, 0.2) is 17.3 Å². The minimum Gasteiger partial charge on any atom is -0.496 e. The zero-order valence-electron chi connectivity index (χ0n) is 15.2. The Bertz CT molecular complexity index is 920. The van der Waals surface area contributed by atoms with Crippen molar-refractivity contribution in [2.45, 2.75) is 13.0 Å². The molecule has 3 aromatic rings. The van der Waals surface area contributed by atoms with Crippen molar-refractivity contribution in [2.75, 3.05) is 34.0 Å². The third-order valence-corrected chi connectivity index (χ3v) is 4.16. The van der Waals surface area contributed by atoms with Gasteiger partial charge in [0.25, 0.3) is 0 Å². The van der Waals surface area contributed by atoms with E-state index in [1.54, 1.807) is 20.4 Å². The quantitative estimate of drug-likeness (QED) is 0.621. The average Bonchev–Trinajstić information content (AvgIpc) is 3.35. The fraction of sp³-hybridized carbons (Fsp3) is 0.389. The first-order valence-corrected chi connectivity index (χ1v) is 8.58. The van der Waals surface area contributed by atoms with E-state index in [2.05, 4.69) is 15.1 Å². The zero-order valence-corrected chi connectivity index (χ0v) is 15.2. The van der Waals surface area contributed by atoms with Crippen LogP contribution in [0.1, 0.15) is 11.7 Å². The number of imidazole rings is 1. The SMILES string of the molecule is COCCc1nc(Cn2ccnc2-c2cc3c(cc2OC)OCCO3)no1. The molecule has 0 fully saturated rings. The van der Waals surface area contributed by atoms with Crippen LogP contribution in [0.15, 0.2) is 29.0 Å². The number of methoxy groups -OCH3 is 2. The monoisotopic (exact) mass is 372 g/mol. The summed E-state index contributed by atoms with van der Waals surface area (Å²) in [6, 6.07) is 3.70. The predicted octanol–water partition coefficient (Wildman–Crippen LogP) is 1.95. The lowest BCUT2D eigenvalue weighted by Gasteiger charge is -2.20. The van der Waals surface area contributed by atoms with Crippen LogP contribution in [0.5, 0.6) is 17.2 Å². The van der Waals surface area contributed by atoms with Gasteiger partial charge in [0.2, 0.25) is 5.89 Å². The Morgan fingerprint density at radius 1 is 1.15 bits per heavy atom. The minimum absolute atomic E-state index is 0.420. The Kier molecular flexibility index (Phi) is 4.93. The summed E-state index contributed by atoms with van der Waals surface area (Å²) in [7, 11) is 3.25. The van der Waals surface area contributed by atoms with Gasteiger partial charge in [-0.25, -0.2) is 4.98 Å². The molecule has 3 heterocycles. The van der Waals surface area contributed by atoms with E-state index in [0.29, 0.717) is 67.6 Å². The fourth-order valence-electron chi connectivity index (χ4n) is 2.89. The number of aromatic nitrogens is 4. The molecule has 1 aromatic carbocycles. The Balaban J connectivity index is 1.63. The molecule has 0 saturated heterocycles. The third-order valence-electron chi connectivity index (χ3n) is 4.16. The number of hydrogen-bond donors (Lipinski definition) is 0. The lowest BCUT2D eigenvalue weighted by molar-refractivity contribution is 0.171. The van der Waals surface area contributed by atoms with Gasteiger partial charge >= 0.3 is 0 Å². The maximum Gasteiger partial charge on any atom is 0.229 e. The number of rotatable bonds is 7. The zero-order chi connectivity index (χ0) is 18.6. The maximum atomic E-state index is 5.69. The Morgan fingerprint density at radius 2 is 1.96 bits per heavy atom. The van der Waals surface area contributed by atoms with Gasteiger partial charge in [0, 0.05) is 25.6 Å². The van der Waals surface area contributed by atoms with Crippen LogP contribution < -0.4 is 14.2 Å². The second kappa shape index (κ2) is 7.67. The molecule has 1 aliphatic heterocycles. The number of benzene rings is 1. The summed E-state index contributed by atoms with van der Waals surface area (Å²) in [4.78, 5) is 8.86. The van der Waals surface area contributed by atoms with Gasteiger partial charge in [0.1, 0.15) is 24.8 Å². The van der Waals surface area contributed by atoms with Gasteiger partial charge in [-0.15, -0.1) is 0 Å². The van der Waals surface area contributed by atoms with Gasteiger partial charge in [-0.2, -0.15) is 4.98 Å². The predicted molar refractivity (Wildman–Crippen MR) is 94.2 cm³/mol. The second-order valence-electron chi connectivity index (χ2n) is 5.92. The fourth-order valence-corrected chi connectivity index (χ4v) is 2.89. The molecule has 0 amide bonds. The molecule has 2 aromatic heterocycles. The van der Waals surface area contributed by atoms with E-state index in [9.17, 15) is 0 Å². The Hall–Kier alpha value is -3.07. The molecular weight excluding hydrogens is 352 g/mol. The molecular formula is C18H20N4O5. The van der Waals surface area contributed by atoms with E-state index >= 15 is 0 Å². The summed E-state index contributed by atoms with van der Waals surface area (Å²) < 4.78 is 29.1. The summed E-state index contributed by atoms with van der Waals surface area (Å²) in [5.74, 6) is 3.82. The summed E-state index contributed by atoms with van der Waals surface area (Å²) in [5.41, 5.74) is 0.801. The normalized spacial score (nSPS) is 13.0. The van der Waals surface area contributed by atoms with Crippen LogP contribution in [-0.4, -0.2) is 53.7 Å². The van der Waals surface area contributed by atoms with E-state index in [-0.39, 0.29) is 0 Å². The largest absolute Gasteiger partial charge is 0.496 e. The second-order valence-corrected chi connectivity index (χ2v) is 5.92. The van der Waals surface area contributed by atoms with E-state index in [4.69, 9.17) is 23.5 Å². The molecule has 0 unspecified atom stereocenters. The molecule has 0 saturated carbocycles. The van der Waals surface area contributed by atoms with Crippen molar-refractivity contribution in [1.29, 1.82) is 0 Å². The molecule has 4 rings (SSSR count). The Labute approximate surface area is 155 Å². The van der Waals surface area contributed by atoms with E-state index in [0.717, 1.165) is 5.56 Å². The van der Waals surface area contributed by atoms with Crippen LogP contribution >= 0.6 is 0 Å². The van der Waals surface area contributed by atoms with Crippen LogP contribution in [0.2, 0.25) is 0 Å². The van der Waals surface area contributed by atoms with Crippen molar-refractivity contribution < 1.29 is 23.5 Å². The van der Waals surface area contributed by atoms with Gasteiger partial charge in [0.05, 0.1) is 32.2 Å². The highest BCUT2D eigenvalue weighted by Crippen LogP contribution is 2.41. The summed E-state index contributed by atoms with van der Waals surface area (Å²) in [6.07, 6.45) is 4.16. The average molecular weight is 372 g/mol. The van der Waals surface area contributed by atoms with Crippen LogP contribution in [0.4, 0.5) is 0 Å². The Morgan fingerprint density at radius 3 is 2.74 bits per heavy atom. The number of hydrogen-bond acceptors (Lipinski definition) is 8. The molecule has 0 N–H and O–H groups in total. The molecule has 27 heavy (non-hydrogen) atoms. The lowest BCUT2D eigenvalue weighted by atomic mass is 10.1. The molecule has 0 radical (unpaired) electrons. The molecule has 9 nitrogen and oxygen atoms in total. The summed E-state index contributed by atoms with van der Waals surface area (Å²) >= 11 is 0. The van der Waals surface area contributed by atoms with Gasteiger partial charge in [-0.05, 0) is 6.07 Å². The lowest BCUT2D eigenvalue weighted by Crippen LogP contribution is -2.15. The van der Waals surface area contributed by atoms with Crippen LogP contribution in [-0.2, 0) is 17.7 Å². The number of fused-ring (bicyclic) bond motifs is 1. The van der Waals surface area contributed by atoms with Crippen LogP contribution in [0, 0.1) is 0 Å². The van der Waals surface area contributed by atoms with Gasteiger partial charge < -0.3 is 28.0 Å². The van der Waals surface area contributed by atoms with Crippen molar-refractivity contribution in [3.63, 3.8) is 0 Å². The highest BCUT2D eigenvalue weighted by molar-refractivity contribution is 5.70. The van der Waals surface area contributed by atoms with Crippen molar-refractivity contribution in [1.82, 2.24) is 19.7 Å². The first-order chi connectivity index (χ1) is 13.3. The molecule has 0 aliphatic carbocycles. The van der Waals surface area contributed by atoms with Gasteiger partial charge in [-0.1, -0.05) is 5.16 Å². The minimum atomic E-state index is 0.420. The molecule has 0 bridgehead atoms. The van der Waals surface area contributed by atoms with E-state index in [1.165, 1.54) is 0 Å². The van der Waals surface area contributed by atoms with E-state index in [1.807, 2.05) is 22.9 Å². The molecule has 1 aliphatic rings. The summed E-state index contributed by atoms with van der Waals surface area (Å²) in [6.45, 7) is 1.99. The summed E-state index contributed by atoms with van der Waals surface area (Å²) in [5, 5.41) is 4.03. The number of nitrogens with zero attached hydrogens (tertiary/aromatic N) is 4. The highest BCUT2D eigenvalue weighted by atomic mass is 16.6. The van der Waals surface area contributed by atoms with Crippen molar-refractivity contribution in [3.05, 3.63) is 36.2 Å². The molecule has 9 heteroatoms. The van der Waals surface area contributed by atoms with Gasteiger partial charge in [-0.3, -0.25) is 0 Å². The van der Waals surface area contributed by atoms with Crippen molar-refractivity contribution in [2.24, 2.45) is 0 Å².